The van der Waals surface area contributed by atoms with Gasteiger partial charge in [0.05, 0.1) is 0 Å². The molecular weight excluding hydrogens is 252 g/mol. The van der Waals surface area contributed by atoms with Crippen LogP contribution in [-0.4, -0.2) is 47.2 Å². The number of nitrogens with one attached hydrogen (secondary N) is 1. The second kappa shape index (κ2) is 6.44. The second-order valence-corrected chi connectivity index (χ2v) is 7.23. The Labute approximate surface area is 122 Å². The minimum absolute atomic E-state index is 0.441. The molecule has 1 saturated carbocycles. The Morgan fingerprint density at radius 3 is 2.35 bits per heavy atom. The Hall–Kier alpha value is -0.610. The van der Waals surface area contributed by atoms with Gasteiger partial charge in [-0.25, -0.2) is 0 Å². The van der Waals surface area contributed by atoms with E-state index < -0.39 is 11.5 Å². The van der Waals surface area contributed by atoms with Crippen molar-refractivity contribution in [3.05, 3.63) is 0 Å². The van der Waals surface area contributed by atoms with Gasteiger partial charge in [0.15, 0.2) is 0 Å². The lowest BCUT2D eigenvalue weighted by Crippen LogP contribution is -2.50. The highest BCUT2D eigenvalue weighted by Crippen LogP contribution is 2.26. The number of carboxylic acids is 1. The number of aliphatic carboxylic acids is 1. The maximum atomic E-state index is 11.4. The molecule has 20 heavy (non-hydrogen) atoms. The molecule has 3 unspecified atom stereocenters. The molecule has 2 N–H and O–H groups in total. The van der Waals surface area contributed by atoms with E-state index in [1.54, 1.807) is 0 Å². The molecule has 116 valence electrons. The van der Waals surface area contributed by atoms with Crippen LogP contribution in [0.5, 0.6) is 0 Å². The number of hydrogen-bond acceptors (Lipinski definition) is 3. The van der Waals surface area contributed by atoms with Crippen molar-refractivity contribution in [1.82, 2.24) is 10.2 Å². The van der Waals surface area contributed by atoms with Gasteiger partial charge < -0.3 is 10.0 Å². The van der Waals surface area contributed by atoms with E-state index in [9.17, 15) is 9.90 Å². The number of rotatable bonds is 8. The van der Waals surface area contributed by atoms with Gasteiger partial charge in [-0.15, -0.1) is 0 Å². The third kappa shape index (κ3) is 4.19. The van der Waals surface area contributed by atoms with Crippen molar-refractivity contribution in [2.75, 3.05) is 19.6 Å². The summed E-state index contributed by atoms with van der Waals surface area (Å²) in [5.41, 5.74) is -0.729. The standard InChI is InChI=1S/C16H30N2O2/c1-12-10-18(11-13(12)2)9-5-4-8-16(3,15(19)20)17-14-6-7-14/h12-14,17H,4-11H2,1-3H3,(H,19,20). The molecule has 2 fully saturated rings. The highest BCUT2D eigenvalue weighted by atomic mass is 16.4. The van der Waals surface area contributed by atoms with Crippen molar-refractivity contribution in [2.24, 2.45) is 11.8 Å². The van der Waals surface area contributed by atoms with Crippen LogP contribution in [0.4, 0.5) is 0 Å². The fourth-order valence-corrected chi connectivity index (χ4v) is 3.16. The molecular formula is C16H30N2O2. The summed E-state index contributed by atoms with van der Waals surface area (Å²) >= 11 is 0. The van der Waals surface area contributed by atoms with Gasteiger partial charge in [-0.2, -0.15) is 0 Å². The maximum Gasteiger partial charge on any atom is 0.323 e. The van der Waals surface area contributed by atoms with Gasteiger partial charge in [0.25, 0.3) is 0 Å². The lowest BCUT2D eigenvalue weighted by Gasteiger charge is -2.26. The summed E-state index contributed by atoms with van der Waals surface area (Å²) in [6, 6.07) is 0.441. The summed E-state index contributed by atoms with van der Waals surface area (Å²) in [6.07, 6.45) is 5.09. The predicted octanol–water partition coefficient (Wildman–Crippen LogP) is 2.34. The monoisotopic (exact) mass is 282 g/mol. The van der Waals surface area contributed by atoms with E-state index in [4.69, 9.17) is 0 Å². The molecule has 0 radical (unpaired) electrons. The third-order valence-electron chi connectivity index (χ3n) is 5.04. The minimum atomic E-state index is -0.729. The molecule has 0 spiro atoms. The summed E-state index contributed by atoms with van der Waals surface area (Å²) in [5.74, 6) is 0.902. The van der Waals surface area contributed by atoms with E-state index in [1.165, 1.54) is 13.1 Å². The first-order valence-electron chi connectivity index (χ1n) is 8.14. The van der Waals surface area contributed by atoms with E-state index in [0.717, 1.165) is 50.5 Å². The van der Waals surface area contributed by atoms with E-state index in [0.29, 0.717) is 6.04 Å². The Bertz CT molecular complexity index is 333. The first-order chi connectivity index (χ1) is 9.40. The van der Waals surface area contributed by atoms with Crippen molar-refractivity contribution in [3.8, 4) is 0 Å². The molecule has 1 aliphatic carbocycles. The number of unbranched alkanes of at least 4 members (excludes halogenated alkanes) is 1. The SMILES string of the molecule is CC1CN(CCCCC(C)(NC2CC2)C(=O)O)CC1C. The quantitative estimate of drug-likeness (QED) is 0.671. The van der Waals surface area contributed by atoms with Crippen LogP contribution in [-0.2, 0) is 4.79 Å². The zero-order valence-corrected chi connectivity index (χ0v) is 13.2. The minimum Gasteiger partial charge on any atom is -0.480 e. The maximum absolute atomic E-state index is 11.4. The highest BCUT2D eigenvalue weighted by Gasteiger charge is 2.37. The number of carboxylic acid groups (broad SMARTS) is 1. The fraction of sp³-hybridized carbons (Fsp3) is 0.938. The predicted molar refractivity (Wildman–Crippen MR) is 80.8 cm³/mol. The average Bonchev–Trinajstić information content (AvgIpc) is 3.11. The summed E-state index contributed by atoms with van der Waals surface area (Å²) in [7, 11) is 0. The van der Waals surface area contributed by atoms with E-state index in [-0.39, 0.29) is 0 Å². The van der Waals surface area contributed by atoms with E-state index in [1.807, 2.05) is 6.92 Å². The van der Waals surface area contributed by atoms with Crippen LogP contribution < -0.4 is 5.32 Å². The molecule has 1 saturated heterocycles. The van der Waals surface area contributed by atoms with Gasteiger partial charge in [0.1, 0.15) is 5.54 Å². The van der Waals surface area contributed by atoms with Crippen LogP contribution >= 0.6 is 0 Å². The molecule has 0 aromatic rings. The molecule has 4 nitrogen and oxygen atoms in total. The molecule has 2 rings (SSSR count). The van der Waals surface area contributed by atoms with Crippen LogP contribution in [0, 0.1) is 11.8 Å². The van der Waals surface area contributed by atoms with Gasteiger partial charge in [0.2, 0.25) is 0 Å². The first kappa shape index (κ1) is 15.8. The van der Waals surface area contributed by atoms with Gasteiger partial charge in [-0.3, -0.25) is 10.1 Å². The fourth-order valence-electron chi connectivity index (χ4n) is 3.16. The van der Waals surface area contributed by atoms with Crippen molar-refractivity contribution in [1.29, 1.82) is 0 Å². The van der Waals surface area contributed by atoms with Gasteiger partial charge >= 0.3 is 5.97 Å². The van der Waals surface area contributed by atoms with Crippen molar-refractivity contribution in [3.63, 3.8) is 0 Å². The molecule has 0 aromatic heterocycles. The van der Waals surface area contributed by atoms with Crippen LogP contribution in [0.1, 0.15) is 52.9 Å². The van der Waals surface area contributed by atoms with Crippen molar-refractivity contribution < 1.29 is 9.90 Å². The van der Waals surface area contributed by atoms with Crippen LogP contribution in [0.2, 0.25) is 0 Å². The lowest BCUT2D eigenvalue weighted by molar-refractivity contribution is -0.144. The molecule has 1 heterocycles. The Morgan fingerprint density at radius 1 is 1.25 bits per heavy atom. The number of carbonyl (C=O) groups is 1. The molecule has 1 aliphatic heterocycles. The van der Waals surface area contributed by atoms with E-state index in [2.05, 4.69) is 24.1 Å². The molecule has 0 amide bonds. The van der Waals surface area contributed by atoms with Crippen LogP contribution in [0.3, 0.4) is 0 Å². The topological polar surface area (TPSA) is 52.6 Å². The van der Waals surface area contributed by atoms with Crippen molar-refractivity contribution in [2.45, 2.75) is 64.5 Å². The number of nitrogens with zero attached hydrogens (tertiary/aromatic N) is 1. The van der Waals surface area contributed by atoms with Crippen LogP contribution in [0.15, 0.2) is 0 Å². The Balaban J connectivity index is 1.67. The first-order valence-corrected chi connectivity index (χ1v) is 8.14. The molecule has 2 aliphatic rings. The molecule has 0 bridgehead atoms. The van der Waals surface area contributed by atoms with E-state index >= 15 is 0 Å². The molecule has 3 atom stereocenters. The number of likely N-dealkylation sites (tertiary alicyclic amines) is 1. The molecule has 4 heteroatoms. The second-order valence-electron chi connectivity index (χ2n) is 7.23. The Morgan fingerprint density at radius 2 is 1.85 bits per heavy atom. The van der Waals surface area contributed by atoms with Crippen molar-refractivity contribution >= 4 is 5.97 Å². The summed E-state index contributed by atoms with van der Waals surface area (Å²) < 4.78 is 0. The molecule has 0 aromatic carbocycles. The zero-order valence-electron chi connectivity index (χ0n) is 13.2. The third-order valence-corrected chi connectivity index (χ3v) is 5.04. The lowest BCUT2D eigenvalue weighted by atomic mass is 9.94. The zero-order chi connectivity index (χ0) is 14.8. The Kier molecular flexibility index (Phi) is 5.08. The normalized spacial score (nSPS) is 30.4. The summed E-state index contributed by atoms with van der Waals surface area (Å²) in [5, 5.41) is 12.7. The highest BCUT2D eigenvalue weighted by molar-refractivity contribution is 5.78. The van der Waals surface area contributed by atoms with Gasteiger partial charge in [-0.1, -0.05) is 13.8 Å². The van der Waals surface area contributed by atoms with Gasteiger partial charge in [0, 0.05) is 19.1 Å². The smallest absolute Gasteiger partial charge is 0.323 e. The largest absolute Gasteiger partial charge is 0.480 e. The average molecular weight is 282 g/mol. The van der Waals surface area contributed by atoms with Crippen LogP contribution in [0.25, 0.3) is 0 Å². The van der Waals surface area contributed by atoms with Gasteiger partial charge in [-0.05, 0) is 57.4 Å². The number of hydrogen-bond donors (Lipinski definition) is 2. The summed E-state index contributed by atoms with van der Waals surface area (Å²) in [6.45, 7) is 10.0. The summed E-state index contributed by atoms with van der Waals surface area (Å²) in [4.78, 5) is 14.0.